The maximum atomic E-state index is 13.2. The summed E-state index contributed by atoms with van der Waals surface area (Å²) in [6.45, 7) is 7.81. The van der Waals surface area contributed by atoms with Crippen LogP contribution in [0.4, 0.5) is 9.59 Å². The molecule has 25 heavy (non-hydrogen) atoms. The van der Waals surface area contributed by atoms with Gasteiger partial charge in [-0.1, -0.05) is 58.0 Å². The molecule has 1 saturated heterocycles. The predicted octanol–water partition coefficient (Wildman–Crippen LogP) is 1.68. The Morgan fingerprint density at radius 2 is 1.88 bits per heavy atom. The summed E-state index contributed by atoms with van der Waals surface area (Å²) in [6, 6.07) is 8.26. The summed E-state index contributed by atoms with van der Waals surface area (Å²) in [5, 5.41) is 2.74. The largest absolute Gasteiger partial charge is 0.447 e. The molecule has 1 fully saturated rings. The molecule has 1 N–H and O–H groups in total. The van der Waals surface area contributed by atoms with Gasteiger partial charge in [0, 0.05) is 5.41 Å². The van der Waals surface area contributed by atoms with Gasteiger partial charge in [0.1, 0.15) is 12.6 Å². The standard InChI is InChI=1S/C18H25BN2O4/c1-11(2)13-10-25-17(24)21(13)15(22)14(20-16(19)23)18(3,4)12-8-6-5-7-9-12/h5-9,11,13-14H,10,19H2,1-4H3,(H,20,23)/t13-,14-/m1/s1. The van der Waals surface area contributed by atoms with Gasteiger partial charge >= 0.3 is 6.09 Å². The summed E-state index contributed by atoms with van der Waals surface area (Å²) in [5.41, 5.74) is 0.199. The lowest BCUT2D eigenvalue weighted by atomic mass is 9.76. The van der Waals surface area contributed by atoms with Gasteiger partial charge in [-0.15, -0.1) is 0 Å². The van der Waals surface area contributed by atoms with Crippen molar-refractivity contribution < 1.29 is 19.1 Å². The van der Waals surface area contributed by atoms with Crippen LogP contribution in [-0.2, 0) is 14.9 Å². The SMILES string of the molecule is BC(=O)N[C@H](C(=O)N1C(=O)OC[C@@H]1C(C)C)C(C)(C)c1ccccc1. The summed E-state index contributed by atoms with van der Waals surface area (Å²) < 4.78 is 5.09. The van der Waals surface area contributed by atoms with Gasteiger partial charge in [-0.2, -0.15) is 0 Å². The lowest BCUT2D eigenvalue weighted by Crippen LogP contribution is -2.59. The van der Waals surface area contributed by atoms with E-state index in [1.54, 1.807) is 0 Å². The van der Waals surface area contributed by atoms with E-state index in [-0.39, 0.29) is 24.4 Å². The van der Waals surface area contributed by atoms with Crippen LogP contribution in [0.2, 0.25) is 0 Å². The first-order valence-corrected chi connectivity index (χ1v) is 8.48. The minimum atomic E-state index is -0.876. The highest BCUT2D eigenvalue weighted by atomic mass is 16.6. The third kappa shape index (κ3) is 3.86. The molecule has 2 rings (SSSR count). The monoisotopic (exact) mass is 344 g/mol. The van der Waals surface area contributed by atoms with Gasteiger partial charge in [0.05, 0.1) is 6.04 Å². The zero-order valence-corrected chi connectivity index (χ0v) is 15.4. The number of benzene rings is 1. The van der Waals surface area contributed by atoms with Crippen molar-refractivity contribution in [1.82, 2.24) is 10.2 Å². The van der Waals surface area contributed by atoms with E-state index in [0.29, 0.717) is 0 Å². The van der Waals surface area contributed by atoms with Crippen LogP contribution in [0.25, 0.3) is 0 Å². The van der Waals surface area contributed by atoms with Crippen molar-refractivity contribution in [1.29, 1.82) is 0 Å². The van der Waals surface area contributed by atoms with E-state index in [4.69, 9.17) is 4.74 Å². The summed E-state index contributed by atoms with van der Waals surface area (Å²) in [4.78, 5) is 38.3. The number of cyclic esters (lactones) is 1. The highest BCUT2D eigenvalue weighted by Gasteiger charge is 2.47. The Labute approximate surface area is 149 Å². The average molecular weight is 344 g/mol. The number of nitrogens with zero attached hydrogens (tertiary/aromatic N) is 1. The molecule has 1 aliphatic rings. The Morgan fingerprint density at radius 1 is 1.28 bits per heavy atom. The van der Waals surface area contributed by atoms with Gasteiger partial charge in [-0.3, -0.25) is 9.59 Å². The molecule has 1 aromatic rings. The molecule has 6 nitrogen and oxygen atoms in total. The van der Waals surface area contributed by atoms with Crippen LogP contribution in [0.3, 0.4) is 0 Å². The van der Waals surface area contributed by atoms with E-state index in [2.05, 4.69) is 5.32 Å². The van der Waals surface area contributed by atoms with Gasteiger partial charge < -0.3 is 10.1 Å². The molecule has 0 aliphatic carbocycles. The van der Waals surface area contributed by atoms with E-state index < -0.39 is 23.5 Å². The molecule has 0 aromatic heterocycles. The number of imide groups is 1. The van der Waals surface area contributed by atoms with Crippen molar-refractivity contribution in [3.63, 3.8) is 0 Å². The maximum Gasteiger partial charge on any atom is 0.417 e. The topological polar surface area (TPSA) is 75.7 Å². The van der Waals surface area contributed by atoms with Crippen LogP contribution in [0, 0.1) is 5.92 Å². The summed E-state index contributed by atoms with van der Waals surface area (Å²) >= 11 is 0. The lowest BCUT2D eigenvalue weighted by Gasteiger charge is -2.37. The smallest absolute Gasteiger partial charge is 0.417 e. The molecule has 0 radical (unpaired) electrons. The second-order valence-electron chi connectivity index (χ2n) is 7.32. The van der Waals surface area contributed by atoms with Gasteiger partial charge in [0.15, 0.2) is 5.81 Å². The Hall–Kier alpha value is -2.31. The number of nitrogens with one attached hydrogen (secondary N) is 1. The minimum absolute atomic E-state index is 0.0632. The maximum absolute atomic E-state index is 13.2. The first-order chi connectivity index (χ1) is 11.7. The molecule has 0 saturated carbocycles. The zero-order valence-electron chi connectivity index (χ0n) is 15.4. The second-order valence-corrected chi connectivity index (χ2v) is 7.32. The fraction of sp³-hybridized carbons (Fsp3) is 0.500. The Morgan fingerprint density at radius 3 is 2.40 bits per heavy atom. The molecule has 3 amide bonds. The molecule has 0 spiro atoms. The number of ether oxygens (including phenoxy) is 1. The molecule has 2 atom stereocenters. The summed E-state index contributed by atoms with van der Waals surface area (Å²) in [6.07, 6.45) is -0.650. The third-order valence-electron chi connectivity index (χ3n) is 4.75. The first kappa shape index (κ1) is 19.0. The van der Waals surface area contributed by atoms with E-state index in [1.807, 2.05) is 58.0 Å². The molecule has 134 valence electrons. The number of carbonyl (C=O) groups is 3. The van der Waals surface area contributed by atoms with Crippen molar-refractivity contribution in [3.8, 4) is 0 Å². The molecule has 1 aromatic carbocycles. The molecule has 1 aliphatic heterocycles. The Balaban J connectivity index is 2.41. The second kappa shape index (κ2) is 7.29. The first-order valence-electron chi connectivity index (χ1n) is 8.48. The highest BCUT2D eigenvalue weighted by molar-refractivity contribution is 6.57. The fourth-order valence-corrected chi connectivity index (χ4v) is 3.11. The van der Waals surface area contributed by atoms with Gasteiger partial charge in [0.25, 0.3) is 5.91 Å². The van der Waals surface area contributed by atoms with Crippen molar-refractivity contribution in [2.24, 2.45) is 5.92 Å². The molecule has 7 heteroatoms. The van der Waals surface area contributed by atoms with E-state index in [0.717, 1.165) is 10.5 Å². The molecule has 0 bridgehead atoms. The van der Waals surface area contributed by atoms with E-state index in [1.165, 1.54) is 7.85 Å². The third-order valence-corrected chi connectivity index (χ3v) is 4.75. The van der Waals surface area contributed by atoms with Crippen LogP contribution in [0.1, 0.15) is 33.3 Å². The van der Waals surface area contributed by atoms with E-state index >= 15 is 0 Å². The average Bonchev–Trinajstić information content (AvgIpc) is 2.94. The van der Waals surface area contributed by atoms with Gasteiger partial charge in [-0.25, -0.2) is 9.69 Å². The fourth-order valence-electron chi connectivity index (χ4n) is 3.11. The predicted molar refractivity (Wildman–Crippen MR) is 97.2 cm³/mol. The van der Waals surface area contributed by atoms with Crippen LogP contribution >= 0.6 is 0 Å². The number of hydrogen-bond acceptors (Lipinski definition) is 4. The lowest BCUT2D eigenvalue weighted by molar-refractivity contribution is -0.133. The quantitative estimate of drug-likeness (QED) is 0.825. The van der Waals surface area contributed by atoms with Crippen LogP contribution in [0.15, 0.2) is 30.3 Å². The van der Waals surface area contributed by atoms with Crippen molar-refractivity contribution in [3.05, 3.63) is 35.9 Å². The molecular weight excluding hydrogens is 319 g/mol. The normalized spacial score (nSPS) is 18.8. The molecular formula is C18H25BN2O4. The Bertz CT molecular complexity index is 660. The number of rotatable bonds is 5. The van der Waals surface area contributed by atoms with Crippen molar-refractivity contribution in [2.45, 2.75) is 45.2 Å². The van der Waals surface area contributed by atoms with Gasteiger partial charge in [0.2, 0.25) is 7.85 Å². The highest BCUT2D eigenvalue weighted by Crippen LogP contribution is 2.30. The van der Waals surface area contributed by atoms with Crippen LogP contribution in [-0.4, -0.2) is 49.2 Å². The minimum Gasteiger partial charge on any atom is -0.447 e. The van der Waals surface area contributed by atoms with Crippen LogP contribution in [0.5, 0.6) is 0 Å². The molecule has 1 heterocycles. The van der Waals surface area contributed by atoms with Crippen LogP contribution < -0.4 is 5.32 Å². The number of amides is 3. The van der Waals surface area contributed by atoms with Crippen molar-refractivity contribution >= 4 is 25.7 Å². The van der Waals surface area contributed by atoms with Crippen molar-refractivity contribution in [2.75, 3.05) is 6.61 Å². The number of carbonyl (C=O) groups excluding carboxylic acids is 3. The summed E-state index contributed by atoms with van der Waals surface area (Å²) in [5.74, 6) is -0.700. The zero-order chi connectivity index (χ0) is 18.8. The summed E-state index contributed by atoms with van der Waals surface area (Å²) in [7, 11) is 1.36. The van der Waals surface area contributed by atoms with Gasteiger partial charge in [-0.05, 0) is 11.5 Å². The Kier molecular flexibility index (Phi) is 5.55. The molecule has 0 unspecified atom stereocenters. The van der Waals surface area contributed by atoms with E-state index in [9.17, 15) is 14.4 Å². The number of hydrogen-bond donors (Lipinski definition) is 1.